The van der Waals surface area contributed by atoms with Gasteiger partial charge < -0.3 is 52.1 Å². The van der Waals surface area contributed by atoms with Gasteiger partial charge in [0.25, 0.3) is 0 Å². The standard InChI is InChI=1S/C15H20Cl2O3.C14H18Cl2O3.C13H16Cl2O3.C12H14Cl2O3.C11H12Cl2O3.C10H10Cl2O2/c1-3-19-8-6-4-5-7-14(18)20-15-12(16)9-11(2)10-13(15)17;1-3-18-7-5-4-6-13(17)19-14-11(15)8-10(2)9-12(14)16;1-3-17-6-4-5-12(16)18-13-10(14)7-9(2)8-11(13)15;1-3-16-5-4-11(15)17-12-9(13)6-8(2)7-10(12)14;1-3-15-6-10(14)16-11-8(12)4-7(2)5-9(11)13;1-3-9(13)14-10-7(11)4-6(2)5-8(10)12/h9-10H,3-8H2,1-2H3;8-9H,3-7H2,1-2H3;7-8H,3-6H2,1-2H3;6-7H,3-5H2,1-2H3;4-5H,3,6H2,1-2H3;4-5H,3H2,1-2H3. The smallest absolute Gasteiger partial charge is 0.337 e. The van der Waals surface area contributed by atoms with Crippen molar-refractivity contribution in [3.05, 3.63) is 166 Å². The fraction of sp³-hybridized carbons (Fsp3) is 0.440. The molecule has 0 N–H and O–H groups in total. The number of esters is 6. The first-order valence-corrected chi connectivity index (χ1v) is 37.7. The van der Waals surface area contributed by atoms with E-state index in [1.54, 1.807) is 86.6 Å². The maximum absolute atomic E-state index is 11.7. The van der Waals surface area contributed by atoms with Crippen LogP contribution < -0.4 is 28.4 Å². The lowest BCUT2D eigenvalue weighted by atomic mass is 10.2. The van der Waals surface area contributed by atoms with Gasteiger partial charge in [0.05, 0.1) is 73.3 Å². The van der Waals surface area contributed by atoms with E-state index in [0.717, 1.165) is 78.7 Å². The molecule has 6 rings (SSSR count). The number of hydrogen-bond donors (Lipinski definition) is 0. The van der Waals surface area contributed by atoms with Crippen molar-refractivity contribution in [2.45, 2.75) is 154 Å². The molecule has 0 bridgehead atoms. The van der Waals surface area contributed by atoms with Crippen LogP contribution in [0.5, 0.6) is 34.5 Å². The molecule has 17 nitrogen and oxygen atoms in total. The molecule has 0 aliphatic heterocycles. The van der Waals surface area contributed by atoms with E-state index < -0.39 is 11.9 Å². The number of benzene rings is 6. The molecule has 0 aromatic heterocycles. The zero-order valence-electron chi connectivity index (χ0n) is 60.3. The van der Waals surface area contributed by atoms with E-state index in [1.165, 1.54) is 0 Å². The fourth-order valence-electron chi connectivity index (χ4n) is 8.05. The van der Waals surface area contributed by atoms with Crippen LogP contribution in [-0.2, 0) is 52.5 Å². The van der Waals surface area contributed by atoms with Gasteiger partial charge in [0.15, 0.2) is 34.5 Å². The Morgan fingerprint density at radius 1 is 0.240 bits per heavy atom. The molecule has 0 unspecified atom stereocenters. The van der Waals surface area contributed by atoms with Crippen molar-refractivity contribution in [1.29, 1.82) is 0 Å². The van der Waals surface area contributed by atoms with Crippen LogP contribution in [0.4, 0.5) is 0 Å². The summed E-state index contributed by atoms with van der Waals surface area (Å²) in [7, 11) is 0. The van der Waals surface area contributed by atoms with Gasteiger partial charge in [-0.1, -0.05) is 153 Å². The van der Waals surface area contributed by atoms with E-state index in [2.05, 4.69) is 0 Å². The minimum absolute atomic E-state index is 0.114. The third-order valence-electron chi connectivity index (χ3n) is 12.9. The summed E-state index contributed by atoms with van der Waals surface area (Å²) in [4.78, 5) is 68.7. The summed E-state index contributed by atoms with van der Waals surface area (Å²) in [5.41, 5.74) is 5.51. The number of ether oxygens (including phenoxy) is 11. The van der Waals surface area contributed by atoms with Crippen molar-refractivity contribution in [3.63, 3.8) is 0 Å². The molecule has 0 spiro atoms. The Hall–Kier alpha value is -4.58. The molecule has 0 heterocycles. The monoisotopic (exact) mass is 1680 g/mol. The van der Waals surface area contributed by atoms with E-state index >= 15 is 0 Å². The van der Waals surface area contributed by atoms with Crippen LogP contribution in [0, 0.1) is 41.5 Å². The summed E-state index contributed by atoms with van der Waals surface area (Å²) >= 11 is 71.5. The summed E-state index contributed by atoms with van der Waals surface area (Å²) in [5.74, 6) is -0.934. The Bertz CT molecular complexity index is 3530. The first-order chi connectivity index (χ1) is 49.2. The molecule has 0 amide bonds. The summed E-state index contributed by atoms with van der Waals surface area (Å²) in [6.07, 6.45) is 6.26. The van der Waals surface area contributed by atoms with E-state index in [1.807, 2.05) is 69.2 Å². The molecule has 0 saturated carbocycles. The average Bonchev–Trinajstić information content (AvgIpc) is 0.891. The van der Waals surface area contributed by atoms with Gasteiger partial charge in [0, 0.05) is 78.5 Å². The van der Waals surface area contributed by atoms with Gasteiger partial charge in [-0.3, -0.25) is 24.0 Å². The highest BCUT2D eigenvalue weighted by atomic mass is 35.5. The Morgan fingerprint density at radius 2 is 0.442 bits per heavy atom. The van der Waals surface area contributed by atoms with Gasteiger partial charge >= 0.3 is 35.8 Å². The van der Waals surface area contributed by atoms with Crippen molar-refractivity contribution in [2.75, 3.05) is 66.1 Å². The lowest BCUT2D eigenvalue weighted by Crippen LogP contribution is -2.15. The van der Waals surface area contributed by atoms with Crippen molar-refractivity contribution < 1.29 is 80.9 Å². The largest absolute Gasteiger partial charge is 0.423 e. The SMILES string of the molecule is CCC(=O)Oc1c(Cl)cc(C)cc1Cl.CCOCC(=O)Oc1c(Cl)cc(C)cc1Cl.CCOCCC(=O)Oc1c(Cl)cc(C)cc1Cl.CCOCCCC(=O)Oc1c(Cl)cc(C)cc1Cl.CCOCCCCC(=O)Oc1c(Cl)cc(C)cc1Cl.CCOCCCCCC(=O)Oc1c(Cl)cc(C)cc1Cl. The summed E-state index contributed by atoms with van der Waals surface area (Å²) in [5, 5.41) is 4.13. The molecule has 576 valence electrons. The van der Waals surface area contributed by atoms with E-state index in [9.17, 15) is 28.8 Å². The van der Waals surface area contributed by atoms with E-state index in [4.69, 9.17) is 191 Å². The number of halogens is 12. The van der Waals surface area contributed by atoms with Gasteiger partial charge in [-0.2, -0.15) is 0 Å². The van der Waals surface area contributed by atoms with Gasteiger partial charge in [0.2, 0.25) is 0 Å². The van der Waals surface area contributed by atoms with Crippen molar-refractivity contribution >= 4 is 175 Å². The van der Waals surface area contributed by atoms with Crippen molar-refractivity contribution in [1.82, 2.24) is 0 Å². The second-order valence-corrected chi connectivity index (χ2v) is 27.0. The molecule has 6 aromatic carbocycles. The minimum Gasteiger partial charge on any atom is -0.423 e. The maximum Gasteiger partial charge on any atom is 0.337 e. The highest BCUT2D eigenvalue weighted by molar-refractivity contribution is 6.40. The molecule has 0 radical (unpaired) electrons. The Balaban J connectivity index is 0.000000626. The number of rotatable bonds is 32. The minimum atomic E-state index is -0.519. The fourth-order valence-corrected chi connectivity index (χ4v) is 12.1. The number of carbonyl (C=O) groups is 6. The molecular weight excluding hydrogens is 1600 g/mol. The van der Waals surface area contributed by atoms with Gasteiger partial charge in [0.1, 0.15) is 6.61 Å². The van der Waals surface area contributed by atoms with Gasteiger partial charge in [-0.05, 0) is 214 Å². The second-order valence-electron chi connectivity index (χ2n) is 22.1. The molecule has 6 aromatic rings. The zero-order valence-corrected chi connectivity index (χ0v) is 69.3. The number of hydrogen-bond acceptors (Lipinski definition) is 17. The molecule has 0 atom stereocenters. The third-order valence-corrected chi connectivity index (χ3v) is 16.3. The maximum atomic E-state index is 11.7. The van der Waals surface area contributed by atoms with Crippen molar-refractivity contribution in [2.24, 2.45) is 0 Å². The summed E-state index contributed by atoms with van der Waals surface area (Å²) < 4.78 is 56.2. The third kappa shape index (κ3) is 41.7. The van der Waals surface area contributed by atoms with Crippen LogP contribution in [0.25, 0.3) is 0 Å². The first-order valence-electron chi connectivity index (χ1n) is 33.1. The predicted octanol–water partition coefficient (Wildman–Crippen LogP) is 23.7. The summed E-state index contributed by atoms with van der Waals surface area (Å²) in [6, 6.07) is 20.4. The molecule has 104 heavy (non-hydrogen) atoms. The van der Waals surface area contributed by atoms with Gasteiger partial charge in [-0.15, -0.1) is 0 Å². The van der Waals surface area contributed by atoms with Crippen molar-refractivity contribution in [3.8, 4) is 34.5 Å². The first kappa shape index (κ1) is 97.4. The zero-order chi connectivity index (χ0) is 78.4. The number of unbranched alkanes of at least 4 members (excludes halogenated alkanes) is 3. The highest BCUT2D eigenvalue weighted by Crippen LogP contribution is 2.39. The second kappa shape index (κ2) is 55.8. The Morgan fingerprint density at radius 3 is 0.702 bits per heavy atom. The van der Waals surface area contributed by atoms with Crippen LogP contribution in [0.2, 0.25) is 60.3 Å². The molecule has 0 fully saturated rings. The average molecular weight is 1690 g/mol. The van der Waals surface area contributed by atoms with E-state index in [-0.39, 0.29) is 77.8 Å². The Labute approximate surface area is 671 Å². The van der Waals surface area contributed by atoms with Gasteiger partial charge in [-0.25, -0.2) is 4.79 Å². The van der Waals surface area contributed by atoms with Crippen LogP contribution in [0.3, 0.4) is 0 Å². The molecule has 0 saturated heterocycles. The highest BCUT2D eigenvalue weighted by Gasteiger charge is 2.19. The van der Waals surface area contributed by atoms with Crippen LogP contribution in [-0.4, -0.2) is 102 Å². The Kier molecular flexibility index (Phi) is 52.2. The van der Waals surface area contributed by atoms with Crippen LogP contribution in [0.1, 0.15) is 146 Å². The molecule has 0 aliphatic carbocycles. The normalized spacial score (nSPS) is 10.4. The number of carbonyl (C=O) groups excluding carboxylic acids is 6. The van der Waals surface area contributed by atoms with Crippen LogP contribution >= 0.6 is 139 Å². The summed E-state index contributed by atoms with van der Waals surface area (Å²) in [6.45, 7) is 27.6. The topological polar surface area (TPSA) is 204 Å². The van der Waals surface area contributed by atoms with E-state index in [0.29, 0.717) is 132 Å². The lowest BCUT2D eigenvalue weighted by molar-refractivity contribution is -0.139. The predicted molar refractivity (Wildman–Crippen MR) is 420 cm³/mol. The van der Waals surface area contributed by atoms with Crippen LogP contribution in [0.15, 0.2) is 72.8 Å². The molecular formula is C75H90Cl12O17. The molecule has 0 aliphatic rings. The quantitative estimate of drug-likeness (QED) is 0.0219. The number of aryl methyl sites for hydroxylation is 6. The lowest BCUT2D eigenvalue weighted by Gasteiger charge is -2.09. The molecule has 29 heteroatoms.